The molecule has 1 aliphatic rings. The van der Waals surface area contributed by atoms with E-state index < -0.39 is 0 Å². The van der Waals surface area contributed by atoms with Crippen molar-refractivity contribution in [3.05, 3.63) is 48.6 Å². The van der Waals surface area contributed by atoms with Crippen molar-refractivity contribution in [3.8, 4) is 0 Å². The van der Waals surface area contributed by atoms with Crippen molar-refractivity contribution >= 4 is 0 Å². The zero-order valence-corrected chi connectivity index (χ0v) is 10.1. The predicted molar refractivity (Wildman–Crippen MR) is 66.4 cm³/mol. The molecule has 1 fully saturated rings. The Morgan fingerprint density at radius 2 is 2.00 bits per heavy atom. The van der Waals surface area contributed by atoms with Crippen LogP contribution < -0.4 is 0 Å². The van der Waals surface area contributed by atoms with Crippen LogP contribution in [-0.4, -0.2) is 31.4 Å². The maximum absolute atomic E-state index is 4.42. The molecule has 0 amide bonds. The number of aromatic nitrogens is 4. The largest absolute Gasteiger partial charge is 0.290 e. The SMILES string of the molecule is c1cnc([C@H]2CCCN2Cc2cncnc2)cn1. The molecule has 0 unspecified atom stereocenters. The van der Waals surface area contributed by atoms with Crippen LogP contribution in [0.5, 0.6) is 0 Å². The van der Waals surface area contributed by atoms with Crippen molar-refractivity contribution in [2.45, 2.75) is 25.4 Å². The van der Waals surface area contributed by atoms with Crippen LogP contribution in [0.3, 0.4) is 0 Å². The zero-order chi connectivity index (χ0) is 12.2. The highest BCUT2D eigenvalue weighted by molar-refractivity contribution is 5.08. The molecule has 1 aliphatic heterocycles. The van der Waals surface area contributed by atoms with Gasteiger partial charge in [0.25, 0.3) is 0 Å². The molecule has 2 aromatic rings. The van der Waals surface area contributed by atoms with Crippen molar-refractivity contribution < 1.29 is 0 Å². The van der Waals surface area contributed by atoms with Gasteiger partial charge < -0.3 is 0 Å². The third-order valence-electron chi connectivity index (χ3n) is 3.29. The number of likely N-dealkylation sites (tertiary alicyclic amines) is 1. The van der Waals surface area contributed by atoms with Gasteiger partial charge in [-0.3, -0.25) is 14.9 Å². The van der Waals surface area contributed by atoms with E-state index >= 15 is 0 Å². The molecule has 0 aliphatic carbocycles. The maximum Gasteiger partial charge on any atom is 0.115 e. The van der Waals surface area contributed by atoms with E-state index in [9.17, 15) is 0 Å². The number of nitrogens with zero attached hydrogens (tertiary/aromatic N) is 5. The maximum atomic E-state index is 4.42. The molecule has 1 atom stereocenters. The van der Waals surface area contributed by atoms with Gasteiger partial charge in [0.2, 0.25) is 0 Å². The van der Waals surface area contributed by atoms with E-state index in [1.165, 1.54) is 6.42 Å². The molecule has 0 saturated carbocycles. The smallest absolute Gasteiger partial charge is 0.115 e. The van der Waals surface area contributed by atoms with Crippen LogP contribution in [-0.2, 0) is 6.54 Å². The summed E-state index contributed by atoms with van der Waals surface area (Å²) in [5, 5.41) is 0. The minimum absolute atomic E-state index is 0.374. The fraction of sp³-hybridized carbons (Fsp3) is 0.385. The highest BCUT2D eigenvalue weighted by atomic mass is 15.2. The molecule has 0 N–H and O–H groups in total. The molecule has 5 nitrogen and oxygen atoms in total. The molecule has 0 spiro atoms. The molecular weight excluding hydrogens is 226 g/mol. The van der Waals surface area contributed by atoms with Crippen LogP contribution in [0.15, 0.2) is 37.3 Å². The lowest BCUT2D eigenvalue weighted by atomic mass is 10.1. The average molecular weight is 241 g/mol. The van der Waals surface area contributed by atoms with E-state index in [0.717, 1.165) is 30.8 Å². The van der Waals surface area contributed by atoms with Crippen LogP contribution in [0.25, 0.3) is 0 Å². The van der Waals surface area contributed by atoms with Crippen molar-refractivity contribution in [1.82, 2.24) is 24.8 Å². The topological polar surface area (TPSA) is 54.8 Å². The molecule has 3 rings (SSSR count). The third kappa shape index (κ3) is 2.36. The van der Waals surface area contributed by atoms with Crippen LogP contribution in [0.1, 0.15) is 30.1 Å². The summed E-state index contributed by atoms with van der Waals surface area (Å²) in [6.45, 7) is 1.97. The molecule has 0 radical (unpaired) electrons. The fourth-order valence-electron chi connectivity index (χ4n) is 2.48. The second kappa shape index (κ2) is 5.18. The van der Waals surface area contributed by atoms with Gasteiger partial charge in [-0.05, 0) is 19.4 Å². The summed E-state index contributed by atoms with van der Waals surface area (Å²) in [7, 11) is 0. The van der Waals surface area contributed by atoms with Crippen LogP contribution >= 0.6 is 0 Å². The number of rotatable bonds is 3. The normalized spacial score (nSPS) is 20.1. The van der Waals surface area contributed by atoms with Crippen molar-refractivity contribution in [2.24, 2.45) is 0 Å². The first-order valence-electron chi connectivity index (χ1n) is 6.17. The van der Waals surface area contributed by atoms with E-state index in [2.05, 4.69) is 24.8 Å². The minimum atomic E-state index is 0.374. The van der Waals surface area contributed by atoms with E-state index in [1.807, 2.05) is 18.6 Å². The average Bonchev–Trinajstić information content (AvgIpc) is 2.89. The second-order valence-electron chi connectivity index (χ2n) is 4.51. The van der Waals surface area contributed by atoms with Crippen LogP contribution in [0, 0.1) is 0 Å². The first-order valence-corrected chi connectivity index (χ1v) is 6.17. The van der Waals surface area contributed by atoms with Gasteiger partial charge >= 0.3 is 0 Å². The predicted octanol–water partition coefficient (Wildman–Crippen LogP) is 1.60. The Hall–Kier alpha value is -1.88. The van der Waals surface area contributed by atoms with E-state index in [0.29, 0.717) is 6.04 Å². The van der Waals surface area contributed by atoms with Gasteiger partial charge in [-0.1, -0.05) is 0 Å². The lowest BCUT2D eigenvalue weighted by molar-refractivity contribution is 0.243. The lowest BCUT2D eigenvalue weighted by Gasteiger charge is -2.23. The Morgan fingerprint density at radius 3 is 2.78 bits per heavy atom. The molecule has 3 heterocycles. The lowest BCUT2D eigenvalue weighted by Crippen LogP contribution is -2.23. The minimum Gasteiger partial charge on any atom is -0.290 e. The van der Waals surface area contributed by atoms with Crippen LogP contribution in [0.2, 0.25) is 0 Å². The highest BCUT2D eigenvalue weighted by Gasteiger charge is 2.27. The van der Waals surface area contributed by atoms with Gasteiger partial charge in [0.15, 0.2) is 0 Å². The third-order valence-corrected chi connectivity index (χ3v) is 3.29. The summed E-state index contributed by atoms with van der Waals surface area (Å²) >= 11 is 0. The highest BCUT2D eigenvalue weighted by Crippen LogP contribution is 2.31. The van der Waals surface area contributed by atoms with Gasteiger partial charge in [-0.15, -0.1) is 0 Å². The number of hydrogen-bond donors (Lipinski definition) is 0. The molecular formula is C13H15N5. The van der Waals surface area contributed by atoms with Crippen molar-refractivity contribution in [1.29, 1.82) is 0 Å². The quantitative estimate of drug-likeness (QED) is 0.817. The van der Waals surface area contributed by atoms with E-state index in [4.69, 9.17) is 0 Å². The van der Waals surface area contributed by atoms with E-state index in [1.54, 1.807) is 18.7 Å². The van der Waals surface area contributed by atoms with Crippen LogP contribution in [0.4, 0.5) is 0 Å². The second-order valence-corrected chi connectivity index (χ2v) is 4.51. The molecule has 0 bridgehead atoms. The van der Waals surface area contributed by atoms with Gasteiger partial charge in [0.1, 0.15) is 6.33 Å². The Bertz CT molecular complexity index is 487. The zero-order valence-electron chi connectivity index (χ0n) is 10.1. The Labute approximate surface area is 106 Å². The standard InChI is InChI=1S/C13H15N5/c1-2-13(12-8-14-3-4-17-12)18(5-1)9-11-6-15-10-16-7-11/h3-4,6-8,10,13H,1-2,5,9H2/t13-/m1/s1. The Morgan fingerprint density at radius 1 is 1.11 bits per heavy atom. The summed E-state index contributed by atoms with van der Waals surface area (Å²) in [6, 6.07) is 0.374. The summed E-state index contributed by atoms with van der Waals surface area (Å²) < 4.78 is 0. The number of hydrogen-bond acceptors (Lipinski definition) is 5. The van der Waals surface area contributed by atoms with Gasteiger partial charge in [-0.2, -0.15) is 0 Å². The van der Waals surface area contributed by atoms with Gasteiger partial charge in [0.05, 0.1) is 11.7 Å². The summed E-state index contributed by atoms with van der Waals surface area (Å²) in [5.74, 6) is 0. The molecule has 5 heteroatoms. The van der Waals surface area contributed by atoms with Crippen molar-refractivity contribution in [2.75, 3.05) is 6.54 Å². The van der Waals surface area contributed by atoms with Gasteiger partial charge in [-0.25, -0.2) is 9.97 Å². The Balaban J connectivity index is 1.76. The summed E-state index contributed by atoms with van der Waals surface area (Å²) in [6.07, 6.45) is 13.0. The summed E-state index contributed by atoms with van der Waals surface area (Å²) in [5.41, 5.74) is 2.21. The first kappa shape index (κ1) is 11.2. The Kier molecular flexibility index (Phi) is 3.23. The summed E-state index contributed by atoms with van der Waals surface area (Å²) in [4.78, 5) is 19.1. The molecule has 0 aromatic carbocycles. The van der Waals surface area contributed by atoms with E-state index in [-0.39, 0.29) is 0 Å². The fourth-order valence-corrected chi connectivity index (χ4v) is 2.48. The molecule has 18 heavy (non-hydrogen) atoms. The molecule has 1 saturated heterocycles. The van der Waals surface area contributed by atoms with Gasteiger partial charge in [0, 0.05) is 43.1 Å². The monoisotopic (exact) mass is 241 g/mol. The first-order chi connectivity index (χ1) is 8.93. The molecule has 2 aromatic heterocycles. The molecule has 92 valence electrons. The van der Waals surface area contributed by atoms with Crippen molar-refractivity contribution in [3.63, 3.8) is 0 Å².